The van der Waals surface area contributed by atoms with Gasteiger partial charge >= 0.3 is 6.09 Å². The maximum atomic E-state index is 11.5. The zero-order valence-electron chi connectivity index (χ0n) is 16.7. The molecule has 1 fully saturated rings. The molecule has 146 valence electrons. The zero-order valence-corrected chi connectivity index (χ0v) is 16.7. The Balaban J connectivity index is 2.07. The van der Waals surface area contributed by atoms with E-state index >= 15 is 0 Å². The first-order valence-corrected chi connectivity index (χ1v) is 9.44. The molecule has 1 saturated heterocycles. The molecule has 1 rings (SSSR count). The Morgan fingerprint density at radius 3 is 2.52 bits per heavy atom. The first kappa shape index (κ1) is 21.5. The number of ether oxygens (including phenoxy) is 1. The molecule has 0 bridgehead atoms. The minimum absolute atomic E-state index is 0.370. The number of hydrogen-bond acceptors (Lipinski definition) is 4. The van der Waals surface area contributed by atoms with Crippen molar-refractivity contribution in [3.8, 4) is 0 Å². The first-order valence-electron chi connectivity index (χ1n) is 9.44. The number of amides is 1. The van der Waals surface area contributed by atoms with Crippen LogP contribution in [0.4, 0.5) is 4.79 Å². The molecular formula is C18H37N5O2. The van der Waals surface area contributed by atoms with E-state index in [1.165, 1.54) is 25.9 Å². The zero-order chi connectivity index (χ0) is 18.7. The van der Waals surface area contributed by atoms with Crippen LogP contribution in [0.5, 0.6) is 0 Å². The third kappa shape index (κ3) is 10.9. The van der Waals surface area contributed by atoms with Gasteiger partial charge in [0.2, 0.25) is 0 Å². The lowest BCUT2D eigenvalue weighted by Gasteiger charge is -2.30. The molecule has 7 heteroatoms. The third-order valence-corrected chi connectivity index (χ3v) is 4.00. The van der Waals surface area contributed by atoms with E-state index in [9.17, 15) is 4.79 Å². The van der Waals surface area contributed by atoms with Crippen molar-refractivity contribution in [1.29, 1.82) is 0 Å². The van der Waals surface area contributed by atoms with Crippen molar-refractivity contribution in [1.82, 2.24) is 20.9 Å². The molecular weight excluding hydrogens is 318 g/mol. The van der Waals surface area contributed by atoms with E-state index in [0.29, 0.717) is 6.54 Å². The van der Waals surface area contributed by atoms with Gasteiger partial charge in [0, 0.05) is 39.8 Å². The first-order chi connectivity index (χ1) is 11.8. The second kappa shape index (κ2) is 11.2. The van der Waals surface area contributed by atoms with Gasteiger partial charge in [-0.15, -0.1) is 0 Å². The summed E-state index contributed by atoms with van der Waals surface area (Å²) in [6.45, 7) is 13.6. The van der Waals surface area contributed by atoms with Crippen LogP contribution in [0.2, 0.25) is 0 Å². The standard InChI is InChI=1S/C18H37N5O2/c1-15-8-6-12-23(14-15)13-11-21-16(19-5)20-9-7-10-22-17(24)25-18(2,3)4/h15H,6-14H2,1-5H3,(H,22,24)(H2,19,20,21). The van der Waals surface area contributed by atoms with Crippen LogP contribution in [-0.2, 0) is 4.74 Å². The lowest BCUT2D eigenvalue weighted by atomic mass is 10.0. The molecule has 1 atom stereocenters. The summed E-state index contributed by atoms with van der Waals surface area (Å²) in [5.41, 5.74) is -0.458. The smallest absolute Gasteiger partial charge is 0.407 e. The van der Waals surface area contributed by atoms with Crippen LogP contribution in [0.3, 0.4) is 0 Å². The van der Waals surface area contributed by atoms with Crippen molar-refractivity contribution >= 4 is 12.1 Å². The summed E-state index contributed by atoms with van der Waals surface area (Å²) in [5, 5.41) is 9.37. The Bertz CT molecular complexity index is 420. The molecule has 0 aliphatic carbocycles. The molecule has 0 aromatic rings. The number of nitrogens with zero attached hydrogens (tertiary/aromatic N) is 2. The average molecular weight is 356 g/mol. The molecule has 1 amide bonds. The molecule has 1 aliphatic heterocycles. The number of carbonyl (C=O) groups excluding carboxylic acids is 1. The number of rotatable bonds is 7. The second-order valence-corrected chi connectivity index (χ2v) is 7.76. The van der Waals surface area contributed by atoms with Gasteiger partial charge in [-0.2, -0.15) is 0 Å². The number of piperidine rings is 1. The predicted molar refractivity (Wildman–Crippen MR) is 103 cm³/mol. The fraction of sp³-hybridized carbons (Fsp3) is 0.889. The Labute approximate surface area is 153 Å². The largest absolute Gasteiger partial charge is 0.444 e. The van der Waals surface area contributed by atoms with Crippen LogP contribution in [0.25, 0.3) is 0 Å². The Morgan fingerprint density at radius 2 is 1.88 bits per heavy atom. The fourth-order valence-corrected chi connectivity index (χ4v) is 2.84. The summed E-state index contributed by atoms with van der Waals surface area (Å²) in [6, 6.07) is 0. The topological polar surface area (TPSA) is 78.0 Å². The van der Waals surface area contributed by atoms with Crippen LogP contribution in [-0.4, -0.2) is 68.9 Å². The molecule has 1 unspecified atom stereocenters. The van der Waals surface area contributed by atoms with Crippen LogP contribution in [0.1, 0.15) is 47.0 Å². The Hall–Kier alpha value is -1.50. The lowest BCUT2D eigenvalue weighted by Crippen LogP contribution is -2.44. The summed E-state index contributed by atoms with van der Waals surface area (Å²) in [5.74, 6) is 1.62. The van der Waals surface area contributed by atoms with Crippen molar-refractivity contribution in [2.75, 3.05) is 46.3 Å². The molecule has 0 spiro atoms. The molecule has 0 aromatic heterocycles. The van der Waals surface area contributed by atoms with Gasteiger partial charge in [-0.1, -0.05) is 6.92 Å². The van der Waals surface area contributed by atoms with Gasteiger partial charge in [-0.3, -0.25) is 4.99 Å². The van der Waals surface area contributed by atoms with Crippen LogP contribution in [0, 0.1) is 5.92 Å². The van der Waals surface area contributed by atoms with Crippen molar-refractivity contribution in [2.24, 2.45) is 10.9 Å². The van der Waals surface area contributed by atoms with Crippen molar-refractivity contribution in [2.45, 2.75) is 52.6 Å². The molecule has 0 saturated carbocycles. The van der Waals surface area contributed by atoms with E-state index in [4.69, 9.17) is 4.74 Å². The maximum absolute atomic E-state index is 11.5. The molecule has 7 nitrogen and oxygen atoms in total. The number of guanidine groups is 1. The van der Waals surface area contributed by atoms with Crippen molar-refractivity contribution in [3.05, 3.63) is 0 Å². The monoisotopic (exact) mass is 355 g/mol. The van der Waals surface area contributed by atoms with Gasteiger partial charge in [0.15, 0.2) is 5.96 Å². The second-order valence-electron chi connectivity index (χ2n) is 7.76. The maximum Gasteiger partial charge on any atom is 0.407 e. The van der Waals surface area contributed by atoms with Crippen LogP contribution in [0.15, 0.2) is 4.99 Å². The van der Waals surface area contributed by atoms with Gasteiger partial charge in [0.05, 0.1) is 0 Å². The molecule has 1 aliphatic rings. The minimum Gasteiger partial charge on any atom is -0.444 e. The summed E-state index contributed by atoms with van der Waals surface area (Å²) < 4.78 is 5.19. The summed E-state index contributed by atoms with van der Waals surface area (Å²) in [4.78, 5) is 18.3. The SMILES string of the molecule is CN=C(NCCCNC(=O)OC(C)(C)C)NCCN1CCCC(C)C1. The van der Waals surface area contributed by atoms with Gasteiger partial charge in [0.25, 0.3) is 0 Å². The van der Waals surface area contributed by atoms with Gasteiger partial charge in [-0.25, -0.2) is 4.79 Å². The molecule has 0 aromatic carbocycles. The quantitative estimate of drug-likeness (QED) is 0.369. The van der Waals surface area contributed by atoms with E-state index in [1.54, 1.807) is 7.05 Å². The highest BCUT2D eigenvalue weighted by molar-refractivity contribution is 5.79. The number of aliphatic imine (C=N–C) groups is 1. The van der Waals surface area contributed by atoms with Gasteiger partial charge in [-0.05, 0) is 52.5 Å². The lowest BCUT2D eigenvalue weighted by molar-refractivity contribution is 0.0527. The van der Waals surface area contributed by atoms with Gasteiger partial charge < -0.3 is 25.6 Å². The summed E-state index contributed by atoms with van der Waals surface area (Å²) >= 11 is 0. The van der Waals surface area contributed by atoms with Crippen LogP contribution >= 0.6 is 0 Å². The molecule has 1 heterocycles. The number of carbonyl (C=O) groups is 1. The van der Waals surface area contributed by atoms with E-state index in [1.807, 2.05) is 20.8 Å². The Morgan fingerprint density at radius 1 is 1.20 bits per heavy atom. The summed E-state index contributed by atoms with van der Waals surface area (Å²) in [6.07, 6.45) is 3.10. The average Bonchev–Trinajstić information content (AvgIpc) is 2.51. The van der Waals surface area contributed by atoms with E-state index in [0.717, 1.165) is 37.9 Å². The molecule has 0 radical (unpaired) electrons. The molecule has 3 N–H and O–H groups in total. The van der Waals surface area contributed by atoms with Crippen LogP contribution < -0.4 is 16.0 Å². The van der Waals surface area contributed by atoms with Gasteiger partial charge in [0.1, 0.15) is 5.60 Å². The molecule has 25 heavy (non-hydrogen) atoms. The fourth-order valence-electron chi connectivity index (χ4n) is 2.84. The van der Waals surface area contributed by atoms with E-state index < -0.39 is 5.60 Å². The highest BCUT2D eigenvalue weighted by Gasteiger charge is 2.16. The highest BCUT2D eigenvalue weighted by Crippen LogP contribution is 2.14. The number of likely N-dealkylation sites (tertiary alicyclic amines) is 1. The highest BCUT2D eigenvalue weighted by atomic mass is 16.6. The predicted octanol–water partition coefficient (Wildman–Crippen LogP) is 1.80. The van der Waals surface area contributed by atoms with Crippen molar-refractivity contribution < 1.29 is 9.53 Å². The van der Waals surface area contributed by atoms with Crippen molar-refractivity contribution in [3.63, 3.8) is 0 Å². The normalized spacial score (nSPS) is 19.4. The number of alkyl carbamates (subject to hydrolysis) is 1. The van der Waals surface area contributed by atoms with E-state index in [2.05, 4.69) is 32.8 Å². The minimum atomic E-state index is -0.458. The van der Waals surface area contributed by atoms with E-state index in [-0.39, 0.29) is 6.09 Å². The number of nitrogens with one attached hydrogen (secondary N) is 3. The number of hydrogen-bond donors (Lipinski definition) is 3. The third-order valence-electron chi connectivity index (χ3n) is 4.00. The Kier molecular flexibility index (Phi) is 9.63. The summed E-state index contributed by atoms with van der Waals surface area (Å²) in [7, 11) is 1.78.